The van der Waals surface area contributed by atoms with E-state index in [4.69, 9.17) is 15.5 Å². The highest BCUT2D eigenvalue weighted by atomic mass is 32.2. The second kappa shape index (κ2) is 9.46. The van der Waals surface area contributed by atoms with Crippen LogP contribution in [0.2, 0.25) is 0 Å². The lowest BCUT2D eigenvalue weighted by Crippen LogP contribution is -2.40. The van der Waals surface area contributed by atoms with Crippen LogP contribution in [-0.4, -0.2) is 49.0 Å². The highest BCUT2D eigenvalue weighted by Crippen LogP contribution is 2.32. The molecule has 4 aromatic rings. The first-order valence-electron chi connectivity index (χ1n) is 11.2. The Hall–Kier alpha value is -3.18. The smallest absolute Gasteiger partial charge is 0.243 e. The molecule has 1 aliphatic rings. The van der Waals surface area contributed by atoms with Gasteiger partial charge < -0.3 is 15.5 Å². The second-order valence-corrected chi connectivity index (χ2v) is 10.4. The van der Waals surface area contributed by atoms with E-state index >= 15 is 0 Å². The summed E-state index contributed by atoms with van der Waals surface area (Å²) in [5.74, 6) is -1.34. The summed E-state index contributed by atoms with van der Waals surface area (Å²) in [4.78, 5) is 8.03. The van der Waals surface area contributed by atoms with Crippen LogP contribution in [0, 0.1) is 11.6 Å². The Morgan fingerprint density at radius 2 is 1.71 bits per heavy atom. The number of hydrogen-bond acceptors (Lipinski definition) is 5. The van der Waals surface area contributed by atoms with Crippen molar-refractivity contribution in [3.05, 3.63) is 83.7 Å². The van der Waals surface area contributed by atoms with Gasteiger partial charge in [0.15, 0.2) is 0 Å². The molecule has 0 aliphatic carbocycles. The summed E-state index contributed by atoms with van der Waals surface area (Å²) >= 11 is 0. The minimum Gasteiger partial charge on any atom is -0.379 e. The van der Waals surface area contributed by atoms with Gasteiger partial charge in [-0.1, -0.05) is 12.1 Å². The van der Waals surface area contributed by atoms with Crippen molar-refractivity contribution in [2.24, 2.45) is 5.73 Å². The van der Waals surface area contributed by atoms with Gasteiger partial charge in [0.1, 0.15) is 11.6 Å². The molecule has 2 aromatic heterocycles. The van der Waals surface area contributed by atoms with E-state index in [0.717, 1.165) is 17.1 Å². The number of aromatic amines is 1. The fourth-order valence-corrected chi connectivity index (χ4v) is 5.74. The minimum absolute atomic E-state index is 0.175. The van der Waals surface area contributed by atoms with E-state index in [1.54, 1.807) is 30.5 Å². The highest BCUT2D eigenvalue weighted by molar-refractivity contribution is 7.89. The van der Waals surface area contributed by atoms with Crippen LogP contribution in [0.15, 0.2) is 65.7 Å². The Bertz CT molecular complexity index is 1450. The lowest BCUT2D eigenvalue weighted by atomic mass is 9.95. The van der Waals surface area contributed by atoms with Gasteiger partial charge in [0.05, 0.1) is 40.9 Å². The van der Waals surface area contributed by atoms with Gasteiger partial charge in [-0.25, -0.2) is 22.2 Å². The Balaban J connectivity index is 1.50. The van der Waals surface area contributed by atoms with Crippen LogP contribution in [0.1, 0.15) is 17.3 Å². The predicted molar refractivity (Wildman–Crippen MR) is 128 cm³/mol. The number of nitrogens with zero attached hydrogens (tertiary/aromatic N) is 2. The molecule has 182 valence electrons. The van der Waals surface area contributed by atoms with E-state index in [9.17, 15) is 17.2 Å². The van der Waals surface area contributed by atoms with Gasteiger partial charge in [-0.15, -0.1) is 0 Å². The molecular weight excluding hydrogens is 474 g/mol. The second-order valence-electron chi connectivity index (χ2n) is 8.46. The number of nitrogens with one attached hydrogen (secondary N) is 1. The van der Waals surface area contributed by atoms with E-state index in [2.05, 4.69) is 4.98 Å². The van der Waals surface area contributed by atoms with Crippen LogP contribution in [0.4, 0.5) is 8.78 Å². The average Bonchev–Trinajstić information content (AvgIpc) is 3.31. The first-order chi connectivity index (χ1) is 16.8. The maximum absolute atomic E-state index is 13.7. The summed E-state index contributed by atoms with van der Waals surface area (Å²) in [5, 5.41) is 0. The molecule has 3 heterocycles. The molecule has 0 unspecified atom stereocenters. The van der Waals surface area contributed by atoms with Crippen LogP contribution in [0.5, 0.6) is 0 Å². The number of halogens is 2. The van der Waals surface area contributed by atoms with Gasteiger partial charge in [0.25, 0.3) is 0 Å². The van der Waals surface area contributed by atoms with Crippen molar-refractivity contribution in [1.82, 2.24) is 14.3 Å². The summed E-state index contributed by atoms with van der Waals surface area (Å²) in [6, 6.07) is 13.0. The van der Waals surface area contributed by atoms with Crippen molar-refractivity contribution in [3.8, 4) is 11.1 Å². The molecule has 0 saturated carbocycles. The topological polar surface area (TPSA) is 101 Å². The Kier molecular flexibility index (Phi) is 6.37. The van der Waals surface area contributed by atoms with Crippen molar-refractivity contribution in [1.29, 1.82) is 0 Å². The molecule has 2 aromatic carbocycles. The molecule has 1 fully saturated rings. The lowest BCUT2D eigenvalue weighted by Gasteiger charge is -2.26. The van der Waals surface area contributed by atoms with Crippen LogP contribution in [-0.2, 0) is 21.2 Å². The summed E-state index contributed by atoms with van der Waals surface area (Å²) in [5.41, 5.74) is 10.4. The van der Waals surface area contributed by atoms with E-state index in [0.29, 0.717) is 48.6 Å². The zero-order valence-electron chi connectivity index (χ0n) is 18.7. The van der Waals surface area contributed by atoms with Gasteiger partial charge >= 0.3 is 0 Å². The van der Waals surface area contributed by atoms with Gasteiger partial charge in [-0.3, -0.25) is 0 Å². The van der Waals surface area contributed by atoms with Crippen molar-refractivity contribution in [2.45, 2.75) is 17.4 Å². The molecule has 0 bridgehead atoms. The van der Waals surface area contributed by atoms with Crippen LogP contribution in [0.25, 0.3) is 22.2 Å². The largest absolute Gasteiger partial charge is 0.379 e. The van der Waals surface area contributed by atoms with E-state index in [1.807, 2.05) is 12.1 Å². The van der Waals surface area contributed by atoms with E-state index in [1.165, 1.54) is 16.4 Å². The maximum atomic E-state index is 13.7. The zero-order chi connectivity index (χ0) is 24.6. The summed E-state index contributed by atoms with van der Waals surface area (Å²) in [6.07, 6.45) is 1.94. The van der Waals surface area contributed by atoms with E-state index < -0.39 is 27.7 Å². The third kappa shape index (κ3) is 4.83. The number of hydrogen-bond donors (Lipinski definition) is 2. The number of sulfonamides is 1. The maximum Gasteiger partial charge on any atom is 0.243 e. The molecule has 0 amide bonds. The summed E-state index contributed by atoms with van der Waals surface area (Å²) in [6.45, 7) is 1.37. The predicted octanol–water partition coefficient (Wildman–Crippen LogP) is 3.77. The molecule has 3 N–H and O–H groups in total. The highest BCUT2D eigenvalue weighted by Gasteiger charge is 2.26. The quantitative estimate of drug-likeness (QED) is 0.422. The third-order valence-corrected chi connectivity index (χ3v) is 7.98. The van der Waals surface area contributed by atoms with Gasteiger partial charge in [-0.05, 0) is 53.9 Å². The zero-order valence-corrected chi connectivity index (χ0v) is 19.6. The van der Waals surface area contributed by atoms with Crippen LogP contribution < -0.4 is 5.73 Å². The first kappa shape index (κ1) is 23.6. The molecule has 0 spiro atoms. The number of fused-ring (bicyclic) bond motifs is 1. The fraction of sp³-hybridized carbons (Fsp3) is 0.240. The number of benzene rings is 2. The number of H-pyrrole nitrogens is 1. The van der Waals surface area contributed by atoms with Gasteiger partial charge in [0, 0.05) is 30.9 Å². The number of nitrogens with two attached hydrogens (primary N) is 1. The Morgan fingerprint density at radius 1 is 1.03 bits per heavy atom. The van der Waals surface area contributed by atoms with Gasteiger partial charge in [0.2, 0.25) is 10.0 Å². The van der Waals surface area contributed by atoms with Gasteiger partial charge in [-0.2, -0.15) is 4.31 Å². The summed E-state index contributed by atoms with van der Waals surface area (Å²) < 4.78 is 60.0. The molecule has 35 heavy (non-hydrogen) atoms. The van der Waals surface area contributed by atoms with Crippen molar-refractivity contribution >= 4 is 21.1 Å². The third-order valence-electron chi connectivity index (χ3n) is 6.06. The number of ether oxygens (including phenoxy) is 1. The molecule has 7 nitrogen and oxygen atoms in total. The Morgan fingerprint density at radius 3 is 2.40 bits per heavy atom. The van der Waals surface area contributed by atoms with E-state index in [-0.39, 0.29) is 11.3 Å². The van der Waals surface area contributed by atoms with Crippen LogP contribution >= 0.6 is 0 Å². The van der Waals surface area contributed by atoms with Crippen molar-refractivity contribution in [2.75, 3.05) is 26.3 Å². The molecule has 10 heteroatoms. The number of rotatable bonds is 6. The molecule has 5 rings (SSSR count). The standard InChI is InChI=1S/C25H24F2N4O3S/c26-18-11-16(12-19(27)14-18)13-22(28)25-21(15-24-23(30-25)5-6-29-24)17-1-3-20(4-2-17)35(32,33)31-7-9-34-10-8-31/h1-6,11-12,14-15,22,29H,7-10,13,28H2/t22-/m1/s1. The summed E-state index contributed by atoms with van der Waals surface area (Å²) in [7, 11) is -3.63. The number of aromatic nitrogens is 2. The fourth-order valence-electron chi connectivity index (χ4n) is 4.33. The monoisotopic (exact) mass is 498 g/mol. The average molecular weight is 499 g/mol. The number of pyridine rings is 1. The first-order valence-corrected chi connectivity index (χ1v) is 12.6. The molecular formula is C25H24F2N4O3S. The lowest BCUT2D eigenvalue weighted by molar-refractivity contribution is 0.0730. The SMILES string of the molecule is N[C@H](Cc1cc(F)cc(F)c1)c1nc2cc[nH]c2cc1-c1ccc(S(=O)(=O)N2CCOCC2)cc1. The molecule has 1 aliphatic heterocycles. The normalized spacial score (nSPS) is 16.0. The van der Waals surface area contributed by atoms with Crippen molar-refractivity contribution in [3.63, 3.8) is 0 Å². The minimum atomic E-state index is -3.63. The Labute approximate surface area is 201 Å². The van der Waals surface area contributed by atoms with Crippen molar-refractivity contribution < 1.29 is 21.9 Å². The van der Waals surface area contributed by atoms with Crippen LogP contribution in [0.3, 0.4) is 0 Å². The number of morpholine rings is 1. The molecule has 1 saturated heterocycles. The molecule has 0 radical (unpaired) electrons. The molecule has 1 atom stereocenters.